The molecule has 1 fully saturated rings. The van der Waals surface area contributed by atoms with Crippen LogP contribution in [0.25, 0.3) is 0 Å². The molecule has 1 aliphatic rings. The van der Waals surface area contributed by atoms with E-state index in [-0.39, 0.29) is 6.04 Å². The summed E-state index contributed by atoms with van der Waals surface area (Å²) in [5, 5.41) is 4.31. The SMILES string of the molecule is Cc1nn(C2COC(C)(C)OC2)cc1N. The van der Waals surface area contributed by atoms with E-state index in [0.717, 1.165) is 5.69 Å². The van der Waals surface area contributed by atoms with Crippen LogP contribution in [-0.2, 0) is 9.47 Å². The van der Waals surface area contributed by atoms with E-state index in [1.54, 1.807) is 0 Å². The Labute approximate surface area is 89.2 Å². The Bertz CT molecular complexity index is 330. The van der Waals surface area contributed by atoms with Crippen LogP contribution in [0.5, 0.6) is 0 Å². The van der Waals surface area contributed by atoms with Gasteiger partial charge >= 0.3 is 0 Å². The van der Waals surface area contributed by atoms with Gasteiger partial charge in [0.2, 0.25) is 0 Å². The van der Waals surface area contributed by atoms with Gasteiger partial charge in [-0.15, -0.1) is 0 Å². The minimum atomic E-state index is -0.482. The molecular weight excluding hydrogens is 194 g/mol. The van der Waals surface area contributed by atoms with Crippen LogP contribution in [0.2, 0.25) is 0 Å². The molecule has 0 amide bonds. The van der Waals surface area contributed by atoms with E-state index in [0.29, 0.717) is 18.9 Å². The first kappa shape index (κ1) is 10.4. The van der Waals surface area contributed by atoms with E-state index in [1.807, 2.05) is 31.6 Å². The Morgan fingerprint density at radius 1 is 1.47 bits per heavy atom. The lowest BCUT2D eigenvalue weighted by Crippen LogP contribution is -2.40. The summed E-state index contributed by atoms with van der Waals surface area (Å²) in [6.07, 6.45) is 1.82. The number of aryl methyl sites for hydroxylation is 1. The summed E-state index contributed by atoms with van der Waals surface area (Å²) in [6.45, 7) is 6.92. The second-order valence-corrected chi connectivity index (χ2v) is 4.33. The molecule has 0 spiro atoms. The summed E-state index contributed by atoms with van der Waals surface area (Å²) in [7, 11) is 0. The molecule has 2 N–H and O–H groups in total. The maximum atomic E-state index is 5.74. The number of hydrogen-bond donors (Lipinski definition) is 1. The Balaban J connectivity index is 2.07. The van der Waals surface area contributed by atoms with Crippen molar-refractivity contribution in [2.75, 3.05) is 18.9 Å². The lowest BCUT2D eigenvalue weighted by molar-refractivity contribution is -0.259. The van der Waals surface area contributed by atoms with Gasteiger partial charge in [0.05, 0.1) is 30.6 Å². The van der Waals surface area contributed by atoms with Gasteiger partial charge in [-0.2, -0.15) is 5.10 Å². The molecule has 0 atom stereocenters. The molecule has 0 radical (unpaired) electrons. The molecule has 0 bridgehead atoms. The van der Waals surface area contributed by atoms with Gasteiger partial charge in [0.15, 0.2) is 5.79 Å². The maximum absolute atomic E-state index is 5.74. The van der Waals surface area contributed by atoms with Gasteiger partial charge in [0.25, 0.3) is 0 Å². The molecule has 1 aliphatic heterocycles. The fraction of sp³-hybridized carbons (Fsp3) is 0.700. The van der Waals surface area contributed by atoms with E-state index in [4.69, 9.17) is 15.2 Å². The highest BCUT2D eigenvalue weighted by atomic mass is 16.7. The third kappa shape index (κ3) is 2.13. The monoisotopic (exact) mass is 211 g/mol. The molecule has 5 nitrogen and oxygen atoms in total. The molecular formula is C10H17N3O2. The Kier molecular flexibility index (Phi) is 2.44. The highest BCUT2D eigenvalue weighted by Gasteiger charge is 2.29. The average molecular weight is 211 g/mol. The van der Waals surface area contributed by atoms with Crippen LogP contribution in [-0.4, -0.2) is 28.8 Å². The smallest absolute Gasteiger partial charge is 0.162 e. The highest BCUT2D eigenvalue weighted by Crippen LogP contribution is 2.24. The van der Waals surface area contributed by atoms with Crippen LogP contribution in [0.3, 0.4) is 0 Å². The number of rotatable bonds is 1. The second kappa shape index (κ2) is 3.50. The highest BCUT2D eigenvalue weighted by molar-refractivity contribution is 5.39. The second-order valence-electron chi connectivity index (χ2n) is 4.33. The first-order chi connectivity index (χ1) is 6.98. The Morgan fingerprint density at radius 3 is 2.53 bits per heavy atom. The predicted molar refractivity (Wildman–Crippen MR) is 56.4 cm³/mol. The topological polar surface area (TPSA) is 62.3 Å². The lowest BCUT2D eigenvalue weighted by Gasteiger charge is -2.34. The van der Waals surface area contributed by atoms with Crippen molar-refractivity contribution < 1.29 is 9.47 Å². The van der Waals surface area contributed by atoms with Crippen molar-refractivity contribution in [1.29, 1.82) is 0 Å². The van der Waals surface area contributed by atoms with Crippen LogP contribution in [0, 0.1) is 6.92 Å². The molecule has 1 aromatic rings. The molecule has 15 heavy (non-hydrogen) atoms. The van der Waals surface area contributed by atoms with Crippen molar-refractivity contribution >= 4 is 5.69 Å². The first-order valence-electron chi connectivity index (χ1n) is 5.07. The zero-order chi connectivity index (χ0) is 11.1. The van der Waals surface area contributed by atoms with Crippen molar-refractivity contribution in [3.63, 3.8) is 0 Å². The van der Waals surface area contributed by atoms with Crippen LogP contribution >= 0.6 is 0 Å². The van der Waals surface area contributed by atoms with Gasteiger partial charge in [0.1, 0.15) is 0 Å². The van der Waals surface area contributed by atoms with E-state index >= 15 is 0 Å². The maximum Gasteiger partial charge on any atom is 0.162 e. The number of aromatic nitrogens is 2. The Hall–Kier alpha value is -1.07. The number of nitrogens with zero attached hydrogens (tertiary/aromatic N) is 2. The van der Waals surface area contributed by atoms with Crippen molar-refractivity contribution in [2.45, 2.75) is 32.6 Å². The van der Waals surface area contributed by atoms with E-state index in [2.05, 4.69) is 5.10 Å². The van der Waals surface area contributed by atoms with Gasteiger partial charge in [-0.3, -0.25) is 4.68 Å². The fourth-order valence-corrected chi connectivity index (χ4v) is 1.52. The number of nitrogens with two attached hydrogens (primary N) is 1. The molecule has 0 saturated carbocycles. The third-order valence-corrected chi connectivity index (χ3v) is 2.58. The summed E-state index contributed by atoms with van der Waals surface area (Å²) >= 11 is 0. The molecule has 1 aromatic heterocycles. The largest absolute Gasteiger partial charge is 0.396 e. The van der Waals surface area contributed by atoms with Crippen LogP contribution in [0.1, 0.15) is 25.6 Å². The minimum Gasteiger partial charge on any atom is -0.396 e. The molecule has 1 saturated heterocycles. The quantitative estimate of drug-likeness (QED) is 0.755. The molecule has 5 heteroatoms. The van der Waals surface area contributed by atoms with Gasteiger partial charge in [-0.05, 0) is 20.8 Å². The number of ether oxygens (including phenoxy) is 2. The summed E-state index contributed by atoms with van der Waals surface area (Å²) < 4.78 is 12.9. The molecule has 2 heterocycles. The van der Waals surface area contributed by atoms with Crippen molar-refractivity contribution in [2.24, 2.45) is 0 Å². The minimum absolute atomic E-state index is 0.119. The van der Waals surface area contributed by atoms with E-state index < -0.39 is 5.79 Å². The third-order valence-electron chi connectivity index (χ3n) is 2.58. The summed E-state index contributed by atoms with van der Waals surface area (Å²) in [4.78, 5) is 0. The predicted octanol–water partition coefficient (Wildman–Crippen LogP) is 1.10. The van der Waals surface area contributed by atoms with Gasteiger partial charge in [-0.1, -0.05) is 0 Å². The average Bonchev–Trinajstić information content (AvgIpc) is 2.47. The summed E-state index contributed by atoms with van der Waals surface area (Å²) in [6, 6.07) is 0.119. The van der Waals surface area contributed by atoms with Gasteiger partial charge in [0, 0.05) is 6.20 Å². The van der Waals surface area contributed by atoms with Crippen LogP contribution in [0.4, 0.5) is 5.69 Å². The number of hydrogen-bond acceptors (Lipinski definition) is 4. The zero-order valence-corrected chi connectivity index (χ0v) is 9.36. The number of nitrogen functional groups attached to an aromatic ring is 1. The zero-order valence-electron chi connectivity index (χ0n) is 9.36. The van der Waals surface area contributed by atoms with E-state index in [9.17, 15) is 0 Å². The standard InChI is InChI=1S/C10H17N3O2/c1-7-9(11)4-13(12-7)8-5-14-10(2,3)15-6-8/h4,8H,5-6,11H2,1-3H3. The Morgan fingerprint density at radius 2 is 2.07 bits per heavy atom. The summed E-state index contributed by atoms with van der Waals surface area (Å²) in [5.41, 5.74) is 7.29. The fourth-order valence-electron chi connectivity index (χ4n) is 1.52. The molecule has 0 aliphatic carbocycles. The molecule has 0 unspecified atom stereocenters. The van der Waals surface area contributed by atoms with Crippen molar-refractivity contribution in [3.05, 3.63) is 11.9 Å². The van der Waals surface area contributed by atoms with Crippen LogP contribution in [0.15, 0.2) is 6.20 Å². The summed E-state index contributed by atoms with van der Waals surface area (Å²) in [5.74, 6) is -0.482. The molecule has 0 aromatic carbocycles. The van der Waals surface area contributed by atoms with Gasteiger partial charge in [-0.25, -0.2) is 0 Å². The first-order valence-corrected chi connectivity index (χ1v) is 5.07. The molecule has 84 valence electrons. The van der Waals surface area contributed by atoms with Gasteiger partial charge < -0.3 is 15.2 Å². The van der Waals surface area contributed by atoms with E-state index in [1.165, 1.54) is 0 Å². The van der Waals surface area contributed by atoms with Crippen molar-refractivity contribution in [3.8, 4) is 0 Å². The normalized spacial score (nSPS) is 21.8. The van der Waals surface area contributed by atoms with Crippen LogP contribution < -0.4 is 5.73 Å². The van der Waals surface area contributed by atoms with Crippen molar-refractivity contribution in [1.82, 2.24) is 9.78 Å². The molecule has 2 rings (SSSR count). The number of anilines is 1. The lowest BCUT2D eigenvalue weighted by atomic mass is 10.2.